The summed E-state index contributed by atoms with van der Waals surface area (Å²) in [6.45, 7) is 11.1. The van der Waals surface area contributed by atoms with Gasteiger partial charge in [-0.1, -0.05) is 45.7 Å². The fourth-order valence-corrected chi connectivity index (χ4v) is 4.22. The number of hydrogen-bond donors (Lipinski definition) is 0. The number of unbranched alkanes of at least 4 members (excludes halogenated alkanes) is 2. The van der Waals surface area contributed by atoms with E-state index < -0.39 is 30.4 Å². The first-order valence-corrected chi connectivity index (χ1v) is 12.3. The molecule has 4 atom stereocenters. The van der Waals surface area contributed by atoms with Crippen LogP contribution in [0.5, 0.6) is 5.75 Å². The molecule has 0 aromatic heterocycles. The topological polar surface area (TPSA) is 63.2 Å². The van der Waals surface area contributed by atoms with E-state index in [1.807, 2.05) is 20.8 Å². The lowest BCUT2D eigenvalue weighted by Gasteiger charge is -2.25. The fourth-order valence-electron chi connectivity index (χ4n) is 4.22. The minimum atomic E-state index is -0.753. The van der Waals surface area contributed by atoms with Gasteiger partial charge in [-0.25, -0.2) is 0 Å². The minimum Gasteiger partial charge on any atom is -0.493 e. The van der Waals surface area contributed by atoms with Gasteiger partial charge in [-0.15, -0.1) is 0 Å². The fraction of sp³-hybridized carbons (Fsp3) is 0.731. The molecule has 6 heteroatoms. The van der Waals surface area contributed by atoms with Gasteiger partial charge in [0.1, 0.15) is 24.1 Å². The zero-order valence-corrected chi connectivity index (χ0v) is 20.4. The lowest BCUT2D eigenvalue weighted by atomic mass is 10.0. The van der Waals surface area contributed by atoms with Crippen molar-refractivity contribution in [2.24, 2.45) is 0 Å². The Labute approximate surface area is 192 Å². The van der Waals surface area contributed by atoms with Crippen LogP contribution in [0.25, 0.3) is 0 Å². The normalized spacial score (nSPS) is 26.3. The average molecular weight is 449 g/mol. The van der Waals surface area contributed by atoms with Crippen LogP contribution < -0.4 is 4.74 Å². The van der Waals surface area contributed by atoms with Crippen LogP contribution in [-0.2, 0) is 36.8 Å². The van der Waals surface area contributed by atoms with E-state index in [0.29, 0.717) is 19.6 Å². The molecule has 6 nitrogen and oxygen atoms in total. The van der Waals surface area contributed by atoms with Crippen molar-refractivity contribution >= 4 is 5.78 Å². The lowest BCUT2D eigenvalue weighted by Crippen LogP contribution is -2.40. The zero-order chi connectivity index (χ0) is 23.1. The Balaban J connectivity index is 1.71. The molecule has 0 amide bonds. The highest BCUT2D eigenvalue weighted by Crippen LogP contribution is 2.39. The first-order chi connectivity index (χ1) is 15.4. The SMILES string of the molecule is CCCCOc1cc(CO[C@@H]2[C@H]3OC(C)(C)O[C@H]3O[C@@H]2C(=O)CCC)ccc1CCCC. The molecule has 2 aliphatic heterocycles. The number of carbonyl (C=O) groups excluding carboxylic acids is 1. The number of carbonyl (C=O) groups is 1. The first-order valence-electron chi connectivity index (χ1n) is 12.3. The van der Waals surface area contributed by atoms with Crippen molar-refractivity contribution < 1.29 is 28.5 Å². The van der Waals surface area contributed by atoms with Gasteiger partial charge in [-0.2, -0.15) is 0 Å². The maximum absolute atomic E-state index is 12.7. The highest BCUT2D eigenvalue weighted by molar-refractivity contribution is 5.84. The van der Waals surface area contributed by atoms with Gasteiger partial charge in [0.05, 0.1) is 13.2 Å². The van der Waals surface area contributed by atoms with Crippen LogP contribution >= 0.6 is 0 Å². The summed E-state index contributed by atoms with van der Waals surface area (Å²) < 4.78 is 30.2. The summed E-state index contributed by atoms with van der Waals surface area (Å²) in [5.74, 6) is 0.223. The van der Waals surface area contributed by atoms with Crippen molar-refractivity contribution in [3.63, 3.8) is 0 Å². The molecule has 2 saturated heterocycles. The van der Waals surface area contributed by atoms with E-state index in [1.165, 1.54) is 5.56 Å². The number of ether oxygens (including phenoxy) is 5. The van der Waals surface area contributed by atoms with E-state index in [1.54, 1.807) is 0 Å². The van der Waals surface area contributed by atoms with E-state index in [-0.39, 0.29) is 5.78 Å². The molecule has 3 rings (SSSR count). The summed E-state index contributed by atoms with van der Waals surface area (Å²) in [6.07, 6.45) is 4.49. The second-order valence-electron chi connectivity index (χ2n) is 9.26. The molecule has 0 bridgehead atoms. The second kappa shape index (κ2) is 11.6. The molecule has 0 unspecified atom stereocenters. The maximum Gasteiger partial charge on any atom is 0.190 e. The van der Waals surface area contributed by atoms with E-state index in [0.717, 1.165) is 49.8 Å². The summed E-state index contributed by atoms with van der Waals surface area (Å²) in [4.78, 5) is 12.7. The van der Waals surface area contributed by atoms with Crippen molar-refractivity contribution in [1.82, 2.24) is 0 Å². The Morgan fingerprint density at radius 3 is 2.56 bits per heavy atom. The molecule has 0 aliphatic carbocycles. The molecule has 1 aromatic carbocycles. The lowest BCUT2D eigenvalue weighted by molar-refractivity contribution is -0.218. The number of rotatable bonds is 13. The molecule has 0 radical (unpaired) electrons. The molecule has 2 fully saturated rings. The van der Waals surface area contributed by atoms with Gasteiger partial charge in [0.25, 0.3) is 0 Å². The van der Waals surface area contributed by atoms with Gasteiger partial charge in [-0.3, -0.25) is 4.79 Å². The van der Waals surface area contributed by atoms with Gasteiger partial charge in [-0.05, 0) is 56.7 Å². The predicted molar refractivity (Wildman–Crippen MR) is 123 cm³/mol. The smallest absolute Gasteiger partial charge is 0.190 e. The van der Waals surface area contributed by atoms with Gasteiger partial charge < -0.3 is 23.7 Å². The maximum atomic E-state index is 12.7. The highest BCUT2D eigenvalue weighted by Gasteiger charge is 2.57. The molecule has 2 heterocycles. The standard InChI is InChI=1S/C26H40O6/c1-6-9-12-19-14-13-18(16-21(19)28-15-10-7-2)17-29-23-22(20(27)11-8-3)30-25-24(23)31-26(4,5)32-25/h13-14,16,22-25H,6-12,15,17H2,1-5H3/t22-,23+,24-,25-/m1/s1. The van der Waals surface area contributed by atoms with Gasteiger partial charge in [0.2, 0.25) is 0 Å². The highest BCUT2D eigenvalue weighted by atomic mass is 16.8. The molecule has 32 heavy (non-hydrogen) atoms. The summed E-state index contributed by atoms with van der Waals surface area (Å²) in [7, 11) is 0. The van der Waals surface area contributed by atoms with E-state index >= 15 is 0 Å². The molecule has 0 N–H and O–H groups in total. The molecule has 1 aromatic rings. The molecule has 180 valence electrons. The summed E-state index contributed by atoms with van der Waals surface area (Å²) in [6, 6.07) is 6.30. The molecule has 2 aliphatic rings. The third-order valence-corrected chi connectivity index (χ3v) is 5.93. The Morgan fingerprint density at radius 2 is 1.84 bits per heavy atom. The van der Waals surface area contributed by atoms with Crippen LogP contribution in [0.2, 0.25) is 0 Å². The van der Waals surface area contributed by atoms with Crippen LogP contribution in [-0.4, -0.2) is 42.8 Å². The molecule has 0 saturated carbocycles. The van der Waals surface area contributed by atoms with Gasteiger partial charge in [0, 0.05) is 6.42 Å². The van der Waals surface area contributed by atoms with Crippen LogP contribution in [0.4, 0.5) is 0 Å². The van der Waals surface area contributed by atoms with E-state index in [9.17, 15) is 4.79 Å². The van der Waals surface area contributed by atoms with Crippen molar-refractivity contribution in [3.8, 4) is 5.75 Å². The monoisotopic (exact) mass is 448 g/mol. The Morgan fingerprint density at radius 1 is 1.06 bits per heavy atom. The largest absolute Gasteiger partial charge is 0.493 e. The van der Waals surface area contributed by atoms with Crippen LogP contribution in [0.3, 0.4) is 0 Å². The van der Waals surface area contributed by atoms with Crippen molar-refractivity contribution in [2.75, 3.05) is 6.61 Å². The van der Waals surface area contributed by atoms with E-state index in [2.05, 4.69) is 32.0 Å². The van der Waals surface area contributed by atoms with Gasteiger partial charge >= 0.3 is 0 Å². The van der Waals surface area contributed by atoms with E-state index in [4.69, 9.17) is 23.7 Å². The van der Waals surface area contributed by atoms with Crippen LogP contribution in [0, 0.1) is 0 Å². The van der Waals surface area contributed by atoms with Gasteiger partial charge in [0.15, 0.2) is 17.9 Å². The number of ketones is 1. The summed E-state index contributed by atoms with van der Waals surface area (Å²) in [5.41, 5.74) is 2.25. The summed E-state index contributed by atoms with van der Waals surface area (Å²) in [5, 5.41) is 0. The number of hydrogen-bond acceptors (Lipinski definition) is 6. The Bertz CT molecular complexity index is 746. The quantitative estimate of drug-likeness (QED) is 0.380. The molecule has 0 spiro atoms. The Kier molecular flexibility index (Phi) is 9.12. The number of fused-ring (bicyclic) bond motifs is 1. The summed E-state index contributed by atoms with van der Waals surface area (Å²) >= 11 is 0. The minimum absolute atomic E-state index is 0.0374. The number of benzene rings is 1. The van der Waals surface area contributed by atoms with Crippen molar-refractivity contribution in [3.05, 3.63) is 29.3 Å². The van der Waals surface area contributed by atoms with Crippen molar-refractivity contribution in [2.45, 2.75) is 117 Å². The zero-order valence-electron chi connectivity index (χ0n) is 20.4. The number of aryl methyl sites for hydroxylation is 1. The predicted octanol–water partition coefficient (Wildman–Crippen LogP) is 5.34. The van der Waals surface area contributed by atoms with Crippen LogP contribution in [0.1, 0.15) is 84.3 Å². The molecular formula is C26H40O6. The average Bonchev–Trinajstić information content (AvgIpc) is 3.23. The Hall–Kier alpha value is -1.47. The number of Topliss-reactive ketones (excluding diaryl/α,β-unsaturated/α-hetero) is 1. The third-order valence-electron chi connectivity index (χ3n) is 5.93. The second-order valence-corrected chi connectivity index (χ2v) is 9.26. The van der Waals surface area contributed by atoms with Crippen molar-refractivity contribution in [1.29, 1.82) is 0 Å². The first kappa shape index (κ1) is 25.2. The van der Waals surface area contributed by atoms with Crippen LogP contribution in [0.15, 0.2) is 18.2 Å². The third kappa shape index (κ3) is 6.31. The molecular weight excluding hydrogens is 408 g/mol.